The molecule has 1 heterocycles. The molecule has 0 radical (unpaired) electrons. The fraction of sp³-hybridized carbons (Fsp3) is 0.333. The van der Waals surface area contributed by atoms with E-state index in [2.05, 4.69) is 15.6 Å². The molecule has 0 unspecified atom stereocenters. The summed E-state index contributed by atoms with van der Waals surface area (Å²) in [5.74, 6) is 0.394. The highest BCUT2D eigenvalue weighted by molar-refractivity contribution is 5.98. The maximum Gasteiger partial charge on any atom is 0.416 e. The van der Waals surface area contributed by atoms with Crippen molar-refractivity contribution in [2.45, 2.75) is 38.5 Å². The summed E-state index contributed by atoms with van der Waals surface area (Å²) in [6.07, 6.45) is -2.28. The van der Waals surface area contributed by atoms with Gasteiger partial charge in [0.2, 0.25) is 0 Å². The SMILES string of the molecule is C/C(=N\OCc1c(C2CC2)cccc1-n1nnn(C)c1=O)c1ccc(C(F)(F)F)cc1. The maximum absolute atomic E-state index is 12.7. The number of hydrogen-bond donors (Lipinski definition) is 0. The lowest BCUT2D eigenvalue weighted by molar-refractivity contribution is -0.137. The summed E-state index contributed by atoms with van der Waals surface area (Å²) in [7, 11) is 1.52. The zero-order valence-corrected chi connectivity index (χ0v) is 16.9. The average molecular weight is 431 g/mol. The van der Waals surface area contributed by atoms with Gasteiger partial charge < -0.3 is 4.84 Å². The van der Waals surface area contributed by atoms with E-state index in [4.69, 9.17) is 4.84 Å². The van der Waals surface area contributed by atoms with Crippen molar-refractivity contribution in [3.8, 4) is 5.69 Å². The van der Waals surface area contributed by atoms with E-state index in [0.29, 0.717) is 22.9 Å². The number of alkyl halides is 3. The highest BCUT2D eigenvalue weighted by Crippen LogP contribution is 2.43. The van der Waals surface area contributed by atoms with E-state index in [1.54, 1.807) is 13.0 Å². The summed E-state index contributed by atoms with van der Waals surface area (Å²) in [4.78, 5) is 17.9. The van der Waals surface area contributed by atoms with Gasteiger partial charge in [0.05, 0.1) is 17.0 Å². The smallest absolute Gasteiger partial charge is 0.391 e. The molecule has 0 N–H and O–H groups in total. The lowest BCUT2D eigenvalue weighted by Crippen LogP contribution is -2.23. The zero-order valence-electron chi connectivity index (χ0n) is 16.9. The third-order valence-electron chi connectivity index (χ3n) is 5.19. The normalized spacial score (nSPS) is 14.7. The maximum atomic E-state index is 12.7. The average Bonchev–Trinajstić information content (AvgIpc) is 3.53. The van der Waals surface area contributed by atoms with E-state index in [0.717, 1.165) is 40.8 Å². The van der Waals surface area contributed by atoms with Crippen molar-refractivity contribution in [3.05, 3.63) is 75.2 Å². The second-order valence-electron chi connectivity index (χ2n) is 7.44. The number of aryl methyl sites for hydroxylation is 1. The third-order valence-corrected chi connectivity index (χ3v) is 5.19. The van der Waals surface area contributed by atoms with E-state index in [9.17, 15) is 18.0 Å². The Morgan fingerprint density at radius 2 is 1.87 bits per heavy atom. The molecule has 1 saturated carbocycles. The van der Waals surface area contributed by atoms with Crippen molar-refractivity contribution >= 4 is 5.71 Å². The molecule has 1 aliphatic carbocycles. The van der Waals surface area contributed by atoms with Crippen molar-refractivity contribution < 1.29 is 18.0 Å². The van der Waals surface area contributed by atoms with Gasteiger partial charge in [-0.05, 0) is 65.4 Å². The Labute approximate surface area is 175 Å². The monoisotopic (exact) mass is 431 g/mol. The van der Waals surface area contributed by atoms with Gasteiger partial charge in [0.25, 0.3) is 0 Å². The number of benzene rings is 2. The van der Waals surface area contributed by atoms with Crippen LogP contribution in [0.2, 0.25) is 0 Å². The number of hydrogen-bond acceptors (Lipinski definition) is 5. The molecule has 1 aliphatic rings. The van der Waals surface area contributed by atoms with Gasteiger partial charge in [-0.1, -0.05) is 29.4 Å². The van der Waals surface area contributed by atoms with Crippen LogP contribution in [0.5, 0.6) is 0 Å². The van der Waals surface area contributed by atoms with Crippen molar-refractivity contribution in [3.63, 3.8) is 0 Å². The third kappa shape index (κ3) is 4.37. The van der Waals surface area contributed by atoms with Crippen LogP contribution in [0.15, 0.2) is 52.4 Å². The molecule has 162 valence electrons. The van der Waals surface area contributed by atoms with Crippen LogP contribution in [-0.2, 0) is 24.7 Å². The quantitative estimate of drug-likeness (QED) is 0.440. The molecule has 31 heavy (non-hydrogen) atoms. The molecule has 3 aromatic rings. The fourth-order valence-corrected chi connectivity index (χ4v) is 3.34. The van der Waals surface area contributed by atoms with Gasteiger partial charge in [-0.25, -0.2) is 4.79 Å². The van der Waals surface area contributed by atoms with Crippen LogP contribution in [0.3, 0.4) is 0 Å². The highest BCUT2D eigenvalue weighted by Gasteiger charge is 2.30. The van der Waals surface area contributed by atoms with Gasteiger partial charge in [0.1, 0.15) is 6.61 Å². The first kappa shape index (κ1) is 20.8. The minimum absolute atomic E-state index is 0.0863. The molecule has 0 bridgehead atoms. The fourth-order valence-electron chi connectivity index (χ4n) is 3.34. The predicted octanol–water partition coefficient (Wildman–Crippen LogP) is 3.80. The van der Waals surface area contributed by atoms with Crippen LogP contribution >= 0.6 is 0 Å². The Morgan fingerprint density at radius 1 is 1.16 bits per heavy atom. The second kappa shape index (κ2) is 8.01. The van der Waals surface area contributed by atoms with Gasteiger partial charge >= 0.3 is 11.9 Å². The minimum atomic E-state index is -4.39. The minimum Gasteiger partial charge on any atom is -0.391 e. The van der Waals surface area contributed by atoms with Crippen molar-refractivity contribution in [1.29, 1.82) is 0 Å². The van der Waals surface area contributed by atoms with Gasteiger partial charge in [0.15, 0.2) is 0 Å². The van der Waals surface area contributed by atoms with Crippen molar-refractivity contribution in [2.24, 2.45) is 12.2 Å². The van der Waals surface area contributed by atoms with Crippen LogP contribution in [0, 0.1) is 0 Å². The molecule has 7 nitrogen and oxygen atoms in total. The molecule has 0 spiro atoms. The summed E-state index contributed by atoms with van der Waals surface area (Å²) in [5, 5.41) is 11.8. The molecule has 0 aliphatic heterocycles. The lowest BCUT2D eigenvalue weighted by atomic mass is 10.0. The number of oxime groups is 1. The molecule has 10 heteroatoms. The van der Waals surface area contributed by atoms with E-state index in [-0.39, 0.29) is 12.3 Å². The van der Waals surface area contributed by atoms with E-state index in [1.807, 2.05) is 12.1 Å². The predicted molar refractivity (Wildman–Crippen MR) is 107 cm³/mol. The van der Waals surface area contributed by atoms with Crippen LogP contribution in [0.25, 0.3) is 5.69 Å². The molecule has 0 atom stereocenters. The first-order chi connectivity index (χ1) is 14.8. The molecule has 0 saturated heterocycles. The Balaban J connectivity index is 1.58. The summed E-state index contributed by atoms with van der Waals surface area (Å²) in [6.45, 7) is 1.74. The molecule has 0 amide bonds. The van der Waals surface area contributed by atoms with Crippen LogP contribution in [-0.4, -0.2) is 25.5 Å². The van der Waals surface area contributed by atoms with E-state index < -0.39 is 11.7 Å². The van der Waals surface area contributed by atoms with E-state index in [1.165, 1.54) is 23.9 Å². The van der Waals surface area contributed by atoms with Crippen LogP contribution in [0.4, 0.5) is 13.2 Å². The van der Waals surface area contributed by atoms with Gasteiger partial charge in [0, 0.05) is 12.6 Å². The molecule has 1 aromatic heterocycles. The molecular formula is C21H20F3N5O2. The number of tetrazole rings is 1. The first-order valence-electron chi connectivity index (χ1n) is 9.71. The topological polar surface area (TPSA) is 74.3 Å². The Bertz CT molecular complexity index is 1170. The van der Waals surface area contributed by atoms with E-state index >= 15 is 0 Å². The summed E-state index contributed by atoms with van der Waals surface area (Å²) in [6, 6.07) is 10.4. The van der Waals surface area contributed by atoms with Crippen molar-refractivity contribution in [2.75, 3.05) is 0 Å². The number of aromatic nitrogens is 4. The summed E-state index contributed by atoms with van der Waals surface area (Å²) >= 11 is 0. The largest absolute Gasteiger partial charge is 0.416 e. The first-order valence-corrected chi connectivity index (χ1v) is 9.71. The van der Waals surface area contributed by atoms with Gasteiger partial charge in [-0.15, -0.1) is 0 Å². The molecule has 2 aromatic carbocycles. The number of rotatable bonds is 6. The van der Waals surface area contributed by atoms with Crippen molar-refractivity contribution in [1.82, 2.24) is 19.8 Å². The summed E-state index contributed by atoms with van der Waals surface area (Å²) in [5.41, 5.74) is 2.30. The highest BCUT2D eigenvalue weighted by atomic mass is 19.4. The van der Waals surface area contributed by atoms with Gasteiger partial charge in [-0.3, -0.25) is 0 Å². The Hall–Kier alpha value is -3.43. The molecule has 4 rings (SSSR count). The Morgan fingerprint density at radius 3 is 2.45 bits per heavy atom. The second-order valence-corrected chi connectivity index (χ2v) is 7.44. The lowest BCUT2D eigenvalue weighted by Gasteiger charge is -2.13. The van der Waals surface area contributed by atoms with Crippen LogP contribution < -0.4 is 5.69 Å². The number of halogens is 3. The van der Waals surface area contributed by atoms with Gasteiger partial charge in [-0.2, -0.15) is 22.5 Å². The Kier molecular flexibility index (Phi) is 5.38. The number of nitrogens with zero attached hydrogens (tertiary/aromatic N) is 5. The molecule has 1 fully saturated rings. The standard InChI is InChI=1S/C21H20F3N5O2/c1-13(14-8-10-16(11-9-14)21(22,23)24)25-31-12-18-17(15-6-7-15)4-3-5-19(18)29-20(30)28(2)26-27-29/h3-5,8-11,15H,6-7,12H2,1-2H3/b25-13+. The van der Waals surface area contributed by atoms with Crippen LogP contribution in [0.1, 0.15) is 47.9 Å². The summed E-state index contributed by atoms with van der Waals surface area (Å²) < 4.78 is 40.6. The zero-order chi connectivity index (χ0) is 22.2. The molecular weight excluding hydrogens is 411 g/mol.